The number of cyclic esters (lactones) is 1. The summed E-state index contributed by atoms with van der Waals surface area (Å²) >= 11 is 0. The molecule has 132 valence electrons. The first-order valence-corrected chi connectivity index (χ1v) is 8.33. The van der Waals surface area contributed by atoms with Crippen LogP contribution in [0.25, 0.3) is 0 Å². The first-order valence-electron chi connectivity index (χ1n) is 6.89. The molecule has 0 radical (unpaired) electrons. The van der Waals surface area contributed by atoms with Crippen molar-refractivity contribution >= 4 is 28.0 Å². The Morgan fingerprint density at radius 3 is 2.79 bits per heavy atom. The van der Waals surface area contributed by atoms with Crippen molar-refractivity contribution in [2.75, 3.05) is 18.0 Å². The minimum Gasteiger partial charge on any atom is -0.442 e. The summed E-state index contributed by atoms with van der Waals surface area (Å²) in [7, 11) is -4.43. The highest BCUT2D eigenvalue weighted by Gasteiger charge is 2.32. The molecule has 11 heteroatoms. The summed E-state index contributed by atoms with van der Waals surface area (Å²) in [5.74, 6) is -1.01. The molecule has 1 atom stereocenters. The van der Waals surface area contributed by atoms with Crippen LogP contribution in [0.15, 0.2) is 18.2 Å². The van der Waals surface area contributed by atoms with Crippen molar-refractivity contribution in [1.82, 2.24) is 10.0 Å². The Morgan fingerprint density at radius 1 is 1.50 bits per heavy atom. The van der Waals surface area contributed by atoms with Gasteiger partial charge in [-0.1, -0.05) is 6.07 Å². The van der Waals surface area contributed by atoms with Gasteiger partial charge < -0.3 is 10.1 Å². The van der Waals surface area contributed by atoms with Gasteiger partial charge in [0.2, 0.25) is 5.91 Å². The molecule has 2 rings (SSSR count). The molecular weight excluding hydrogens is 345 g/mol. The van der Waals surface area contributed by atoms with Gasteiger partial charge >= 0.3 is 16.4 Å². The number of anilines is 1. The van der Waals surface area contributed by atoms with E-state index in [1.165, 1.54) is 24.0 Å². The highest BCUT2D eigenvalue weighted by atomic mass is 32.2. The lowest BCUT2D eigenvalue weighted by Crippen LogP contribution is -2.33. The number of amides is 2. The normalized spacial score (nSPS) is 17.7. The predicted octanol–water partition coefficient (Wildman–Crippen LogP) is 0.179. The summed E-state index contributed by atoms with van der Waals surface area (Å²) < 4.78 is 50.6. The quantitative estimate of drug-likeness (QED) is 0.621. The number of halogens is 1. The molecule has 1 saturated heterocycles. The number of nitrogens with one attached hydrogen (secondary N) is 2. The molecule has 0 aromatic heterocycles. The fourth-order valence-electron chi connectivity index (χ4n) is 2.11. The van der Waals surface area contributed by atoms with Crippen LogP contribution in [0.4, 0.5) is 14.9 Å². The van der Waals surface area contributed by atoms with Gasteiger partial charge in [-0.05, 0) is 12.1 Å². The minimum absolute atomic E-state index is 0.00117. The third-order valence-corrected chi connectivity index (χ3v) is 3.76. The summed E-state index contributed by atoms with van der Waals surface area (Å²) in [6.07, 6.45) is -1.22. The summed E-state index contributed by atoms with van der Waals surface area (Å²) in [6, 6.07) is 3.77. The lowest BCUT2D eigenvalue weighted by Gasteiger charge is -2.14. The van der Waals surface area contributed by atoms with Crippen molar-refractivity contribution < 1.29 is 31.7 Å². The second kappa shape index (κ2) is 7.11. The zero-order valence-electron chi connectivity index (χ0n) is 12.7. The Labute approximate surface area is 137 Å². The van der Waals surface area contributed by atoms with Crippen molar-refractivity contribution in [3.8, 4) is 0 Å². The molecule has 2 amide bonds. The lowest BCUT2D eigenvalue weighted by atomic mass is 10.2. The van der Waals surface area contributed by atoms with Gasteiger partial charge in [0, 0.05) is 19.0 Å². The number of ether oxygens (including phenoxy) is 1. The van der Waals surface area contributed by atoms with Gasteiger partial charge in [-0.3, -0.25) is 14.2 Å². The maximum absolute atomic E-state index is 14.0. The van der Waals surface area contributed by atoms with E-state index in [-0.39, 0.29) is 30.2 Å². The molecule has 9 nitrogen and oxygen atoms in total. The van der Waals surface area contributed by atoms with Gasteiger partial charge in [0.15, 0.2) is 0 Å². The number of carbonyl (C=O) groups is 2. The molecule has 24 heavy (non-hydrogen) atoms. The molecule has 1 heterocycles. The summed E-state index contributed by atoms with van der Waals surface area (Å²) in [6.45, 7) is 1.20. The molecular formula is C13H16FN3O6S. The fourth-order valence-corrected chi connectivity index (χ4v) is 2.45. The molecule has 3 N–H and O–H groups in total. The summed E-state index contributed by atoms with van der Waals surface area (Å²) in [5, 5.41) is 2.53. The minimum atomic E-state index is -4.43. The summed E-state index contributed by atoms with van der Waals surface area (Å²) in [5.41, 5.74) is 0.233. The first kappa shape index (κ1) is 18.1. The van der Waals surface area contributed by atoms with Crippen molar-refractivity contribution in [1.29, 1.82) is 0 Å². The van der Waals surface area contributed by atoms with E-state index in [1.54, 1.807) is 4.72 Å². The van der Waals surface area contributed by atoms with E-state index in [1.807, 2.05) is 0 Å². The molecule has 1 aliphatic heterocycles. The zero-order chi connectivity index (χ0) is 17.9. The van der Waals surface area contributed by atoms with Crippen LogP contribution in [0.1, 0.15) is 12.5 Å². The van der Waals surface area contributed by atoms with Crippen LogP contribution in [-0.4, -0.2) is 44.2 Å². The van der Waals surface area contributed by atoms with Crippen LogP contribution in [0.3, 0.4) is 0 Å². The standard InChI is InChI=1S/C13H16FN3O6S/c1-8(18)15-6-11-7-17(13(19)23-11)10-3-2-9(12(14)4-10)5-16-24(20,21)22/h2-4,11,16H,5-7H2,1H3,(H,15,18)(H,20,21,22)/t11-/m0/s1. The van der Waals surface area contributed by atoms with E-state index in [4.69, 9.17) is 9.29 Å². The zero-order valence-corrected chi connectivity index (χ0v) is 13.5. The molecule has 1 aromatic carbocycles. The molecule has 1 aromatic rings. The monoisotopic (exact) mass is 361 g/mol. The molecule has 0 spiro atoms. The van der Waals surface area contributed by atoms with E-state index < -0.39 is 34.9 Å². The van der Waals surface area contributed by atoms with E-state index in [0.717, 1.165) is 6.07 Å². The predicted molar refractivity (Wildman–Crippen MR) is 81.1 cm³/mol. The van der Waals surface area contributed by atoms with E-state index >= 15 is 0 Å². The SMILES string of the molecule is CC(=O)NC[C@H]1CN(c2ccc(CNS(=O)(=O)O)c(F)c2)C(=O)O1. The maximum atomic E-state index is 14.0. The number of carbonyl (C=O) groups excluding carboxylic acids is 2. The largest absolute Gasteiger partial charge is 0.442 e. The number of benzene rings is 1. The maximum Gasteiger partial charge on any atom is 0.414 e. The topological polar surface area (TPSA) is 125 Å². The Kier molecular flexibility index (Phi) is 5.36. The van der Waals surface area contributed by atoms with Crippen LogP contribution in [0.2, 0.25) is 0 Å². The first-order chi connectivity index (χ1) is 11.2. The highest BCUT2D eigenvalue weighted by Crippen LogP contribution is 2.24. The van der Waals surface area contributed by atoms with Crippen molar-refractivity contribution in [3.05, 3.63) is 29.6 Å². The second-order valence-corrected chi connectivity index (χ2v) is 6.36. The van der Waals surface area contributed by atoms with Gasteiger partial charge in [0.05, 0.1) is 18.8 Å². The van der Waals surface area contributed by atoms with Crippen LogP contribution < -0.4 is 14.9 Å². The van der Waals surface area contributed by atoms with Gasteiger partial charge in [-0.25, -0.2) is 9.18 Å². The van der Waals surface area contributed by atoms with Crippen molar-refractivity contribution in [3.63, 3.8) is 0 Å². The molecule has 0 bridgehead atoms. The molecule has 0 unspecified atom stereocenters. The van der Waals surface area contributed by atoms with Crippen molar-refractivity contribution in [2.45, 2.75) is 19.6 Å². The van der Waals surface area contributed by atoms with E-state index in [9.17, 15) is 22.4 Å². The third kappa shape index (κ3) is 4.88. The molecule has 0 saturated carbocycles. The van der Waals surface area contributed by atoms with Gasteiger partial charge in [0.1, 0.15) is 11.9 Å². The van der Waals surface area contributed by atoms with Crippen LogP contribution in [-0.2, 0) is 26.4 Å². The van der Waals surface area contributed by atoms with Crippen LogP contribution in [0.5, 0.6) is 0 Å². The average molecular weight is 361 g/mol. The average Bonchev–Trinajstić information content (AvgIpc) is 2.84. The van der Waals surface area contributed by atoms with Gasteiger partial charge in [-0.15, -0.1) is 0 Å². The second-order valence-electron chi connectivity index (χ2n) is 5.13. The number of nitrogens with zero attached hydrogens (tertiary/aromatic N) is 1. The lowest BCUT2D eigenvalue weighted by molar-refractivity contribution is -0.119. The van der Waals surface area contributed by atoms with Crippen LogP contribution in [0, 0.1) is 5.82 Å². The van der Waals surface area contributed by atoms with Crippen LogP contribution >= 0.6 is 0 Å². The Balaban J connectivity index is 2.05. The van der Waals surface area contributed by atoms with E-state index in [0.29, 0.717) is 0 Å². The Bertz CT molecular complexity index is 754. The van der Waals surface area contributed by atoms with Gasteiger partial charge in [-0.2, -0.15) is 13.1 Å². The van der Waals surface area contributed by atoms with Crippen molar-refractivity contribution in [2.24, 2.45) is 0 Å². The number of hydrogen-bond donors (Lipinski definition) is 3. The fraction of sp³-hybridized carbons (Fsp3) is 0.385. The third-order valence-electron chi connectivity index (χ3n) is 3.25. The number of rotatable bonds is 6. The highest BCUT2D eigenvalue weighted by molar-refractivity contribution is 7.83. The summed E-state index contributed by atoms with van der Waals surface area (Å²) in [4.78, 5) is 23.9. The molecule has 1 fully saturated rings. The smallest absolute Gasteiger partial charge is 0.414 e. The Morgan fingerprint density at radius 2 is 2.21 bits per heavy atom. The van der Waals surface area contributed by atoms with E-state index in [2.05, 4.69) is 5.32 Å². The number of hydrogen-bond acceptors (Lipinski definition) is 5. The Hall–Kier alpha value is -2.24. The molecule has 1 aliphatic rings. The molecule has 0 aliphatic carbocycles. The van der Waals surface area contributed by atoms with Gasteiger partial charge in [0.25, 0.3) is 0 Å².